The van der Waals surface area contributed by atoms with Gasteiger partial charge in [-0.05, 0) is 55.3 Å². The third kappa shape index (κ3) is 4.79. The minimum Gasteiger partial charge on any atom is -0.497 e. The molecular weight excluding hydrogens is 384 g/mol. The number of hydrogen-bond donors (Lipinski definition) is 1. The predicted molar refractivity (Wildman–Crippen MR) is 116 cm³/mol. The van der Waals surface area contributed by atoms with Crippen LogP contribution in [-0.4, -0.2) is 33.0 Å². The van der Waals surface area contributed by atoms with Gasteiger partial charge in [-0.25, -0.2) is 0 Å². The Bertz CT molecular complexity index is 997. The Morgan fingerprint density at radius 3 is 2.52 bits per heavy atom. The molecule has 0 radical (unpaired) electrons. The van der Waals surface area contributed by atoms with Gasteiger partial charge in [0.2, 0.25) is 0 Å². The van der Waals surface area contributed by atoms with Gasteiger partial charge in [-0.3, -0.25) is 9.36 Å². The number of nitrogens with zero attached hydrogens (tertiary/aromatic N) is 3. The third-order valence-electron chi connectivity index (χ3n) is 4.62. The fourth-order valence-electron chi connectivity index (χ4n) is 2.93. The molecule has 3 aromatic rings. The first-order valence-corrected chi connectivity index (χ1v) is 10.4. The van der Waals surface area contributed by atoms with Gasteiger partial charge in [0.1, 0.15) is 5.75 Å². The van der Waals surface area contributed by atoms with Crippen LogP contribution in [0.15, 0.2) is 47.6 Å². The second-order valence-corrected chi connectivity index (χ2v) is 8.57. The average molecular weight is 411 g/mol. The number of carbonyl (C=O) groups excluding carboxylic acids is 1. The molecule has 1 aromatic heterocycles. The summed E-state index contributed by atoms with van der Waals surface area (Å²) in [6.45, 7) is 8.71. The standard InChI is InChI=1S/C22H26N4O2S/c1-14(2)29-22-25-24-20(26(22)19-8-6-7-15(3)16(19)4)13-23-21(27)17-9-11-18(28-5)12-10-17/h6-12,14H,13H2,1-5H3,(H,23,27). The zero-order chi connectivity index (χ0) is 21.0. The second-order valence-electron chi connectivity index (χ2n) is 7.03. The zero-order valence-corrected chi connectivity index (χ0v) is 18.2. The summed E-state index contributed by atoms with van der Waals surface area (Å²) in [5, 5.41) is 12.9. The molecule has 0 unspecified atom stereocenters. The van der Waals surface area contributed by atoms with E-state index < -0.39 is 0 Å². The van der Waals surface area contributed by atoms with Crippen molar-refractivity contribution in [2.24, 2.45) is 0 Å². The van der Waals surface area contributed by atoms with Crippen molar-refractivity contribution >= 4 is 17.7 Å². The normalized spacial score (nSPS) is 11.0. The summed E-state index contributed by atoms with van der Waals surface area (Å²) in [6.07, 6.45) is 0. The Morgan fingerprint density at radius 1 is 1.14 bits per heavy atom. The van der Waals surface area contributed by atoms with Crippen LogP contribution in [0, 0.1) is 13.8 Å². The van der Waals surface area contributed by atoms with E-state index in [2.05, 4.69) is 55.3 Å². The summed E-state index contributed by atoms with van der Waals surface area (Å²) in [5.74, 6) is 1.25. The Hall–Kier alpha value is -2.80. The number of nitrogens with one attached hydrogen (secondary N) is 1. The number of benzene rings is 2. The van der Waals surface area contributed by atoms with E-state index in [1.54, 1.807) is 43.1 Å². The molecule has 0 aliphatic heterocycles. The van der Waals surface area contributed by atoms with E-state index in [-0.39, 0.29) is 12.5 Å². The highest BCUT2D eigenvalue weighted by Crippen LogP contribution is 2.28. The highest BCUT2D eigenvalue weighted by atomic mass is 32.2. The molecule has 1 heterocycles. The molecular formula is C22H26N4O2S. The first-order valence-electron chi connectivity index (χ1n) is 9.50. The molecule has 2 aromatic carbocycles. The summed E-state index contributed by atoms with van der Waals surface area (Å²) in [4.78, 5) is 12.6. The second kappa shape index (κ2) is 9.13. The van der Waals surface area contributed by atoms with Crippen molar-refractivity contribution in [3.05, 3.63) is 65.0 Å². The average Bonchev–Trinajstić information content (AvgIpc) is 3.09. The van der Waals surface area contributed by atoms with Crippen molar-refractivity contribution in [1.82, 2.24) is 20.1 Å². The Kier molecular flexibility index (Phi) is 6.59. The van der Waals surface area contributed by atoms with E-state index >= 15 is 0 Å². The minimum absolute atomic E-state index is 0.166. The quantitative estimate of drug-likeness (QED) is 0.588. The predicted octanol–water partition coefficient (Wildman–Crippen LogP) is 4.32. The van der Waals surface area contributed by atoms with Gasteiger partial charge in [-0.1, -0.05) is 37.7 Å². The maximum absolute atomic E-state index is 12.6. The highest BCUT2D eigenvalue weighted by Gasteiger charge is 2.18. The van der Waals surface area contributed by atoms with Gasteiger partial charge in [-0.15, -0.1) is 10.2 Å². The van der Waals surface area contributed by atoms with Gasteiger partial charge in [0, 0.05) is 10.8 Å². The number of aromatic nitrogens is 3. The molecule has 1 amide bonds. The minimum atomic E-state index is -0.166. The Morgan fingerprint density at radius 2 is 1.86 bits per heavy atom. The molecule has 152 valence electrons. The first kappa shape index (κ1) is 20.9. The fourth-order valence-corrected chi connectivity index (χ4v) is 3.74. The van der Waals surface area contributed by atoms with Crippen molar-refractivity contribution in [2.45, 2.75) is 44.6 Å². The highest BCUT2D eigenvalue weighted by molar-refractivity contribution is 7.99. The van der Waals surface area contributed by atoms with Crippen LogP contribution < -0.4 is 10.1 Å². The Balaban J connectivity index is 1.88. The van der Waals surface area contributed by atoms with Gasteiger partial charge >= 0.3 is 0 Å². The number of carbonyl (C=O) groups is 1. The molecule has 0 fully saturated rings. The first-order chi connectivity index (χ1) is 13.9. The molecule has 0 saturated carbocycles. The number of amides is 1. The van der Waals surface area contributed by atoms with Crippen LogP contribution in [0.3, 0.4) is 0 Å². The zero-order valence-electron chi connectivity index (χ0n) is 17.4. The number of thioether (sulfide) groups is 1. The molecule has 7 heteroatoms. The lowest BCUT2D eigenvalue weighted by Crippen LogP contribution is -2.24. The van der Waals surface area contributed by atoms with Gasteiger partial charge in [0.25, 0.3) is 5.91 Å². The molecule has 0 atom stereocenters. The largest absolute Gasteiger partial charge is 0.497 e. The van der Waals surface area contributed by atoms with E-state index in [1.807, 2.05) is 10.6 Å². The van der Waals surface area contributed by atoms with Crippen LogP contribution in [0.5, 0.6) is 5.75 Å². The molecule has 3 rings (SSSR count). The fraction of sp³-hybridized carbons (Fsp3) is 0.318. The molecule has 0 saturated heterocycles. The molecule has 0 aliphatic rings. The summed E-state index contributed by atoms with van der Waals surface area (Å²) in [7, 11) is 1.60. The van der Waals surface area contributed by atoms with Crippen molar-refractivity contribution in [3.8, 4) is 11.4 Å². The maximum atomic E-state index is 12.6. The van der Waals surface area contributed by atoms with Crippen LogP contribution in [0.25, 0.3) is 5.69 Å². The number of aryl methyl sites for hydroxylation is 1. The van der Waals surface area contributed by atoms with Gasteiger partial charge < -0.3 is 10.1 Å². The van der Waals surface area contributed by atoms with E-state index in [0.717, 1.165) is 10.8 Å². The van der Waals surface area contributed by atoms with Gasteiger partial charge in [-0.2, -0.15) is 0 Å². The van der Waals surface area contributed by atoms with E-state index in [0.29, 0.717) is 22.4 Å². The van der Waals surface area contributed by atoms with E-state index in [4.69, 9.17) is 4.74 Å². The lowest BCUT2D eigenvalue weighted by Gasteiger charge is -2.15. The van der Waals surface area contributed by atoms with E-state index in [9.17, 15) is 4.79 Å². The van der Waals surface area contributed by atoms with Gasteiger partial charge in [0.15, 0.2) is 11.0 Å². The lowest BCUT2D eigenvalue weighted by atomic mass is 10.1. The van der Waals surface area contributed by atoms with Crippen molar-refractivity contribution in [1.29, 1.82) is 0 Å². The Labute approximate surface area is 175 Å². The van der Waals surface area contributed by atoms with Crippen molar-refractivity contribution in [2.75, 3.05) is 7.11 Å². The molecule has 6 nitrogen and oxygen atoms in total. The topological polar surface area (TPSA) is 69.0 Å². The van der Waals surface area contributed by atoms with Crippen molar-refractivity contribution in [3.63, 3.8) is 0 Å². The number of methoxy groups -OCH3 is 1. The van der Waals surface area contributed by atoms with Crippen LogP contribution in [0.4, 0.5) is 0 Å². The molecule has 0 spiro atoms. The molecule has 0 bridgehead atoms. The summed E-state index contributed by atoms with van der Waals surface area (Å²) in [6, 6.07) is 13.2. The van der Waals surface area contributed by atoms with Crippen LogP contribution in [0.2, 0.25) is 0 Å². The van der Waals surface area contributed by atoms with Crippen LogP contribution in [-0.2, 0) is 6.54 Å². The number of ether oxygens (including phenoxy) is 1. The van der Waals surface area contributed by atoms with Gasteiger partial charge in [0.05, 0.1) is 19.3 Å². The molecule has 1 N–H and O–H groups in total. The summed E-state index contributed by atoms with van der Waals surface area (Å²) >= 11 is 1.65. The van der Waals surface area contributed by atoms with Crippen molar-refractivity contribution < 1.29 is 9.53 Å². The summed E-state index contributed by atoms with van der Waals surface area (Å²) in [5.41, 5.74) is 3.97. The third-order valence-corrected chi connectivity index (χ3v) is 5.56. The molecule has 0 aliphatic carbocycles. The monoisotopic (exact) mass is 410 g/mol. The van der Waals surface area contributed by atoms with E-state index in [1.165, 1.54) is 11.1 Å². The maximum Gasteiger partial charge on any atom is 0.251 e. The SMILES string of the molecule is COc1ccc(C(=O)NCc2nnc(SC(C)C)n2-c2cccc(C)c2C)cc1. The lowest BCUT2D eigenvalue weighted by molar-refractivity contribution is 0.0949. The molecule has 29 heavy (non-hydrogen) atoms. The smallest absolute Gasteiger partial charge is 0.251 e. The number of rotatable bonds is 7. The van der Waals surface area contributed by atoms with Crippen LogP contribution in [0.1, 0.15) is 41.2 Å². The van der Waals surface area contributed by atoms with Crippen LogP contribution >= 0.6 is 11.8 Å². The number of hydrogen-bond acceptors (Lipinski definition) is 5. The summed E-state index contributed by atoms with van der Waals surface area (Å²) < 4.78 is 7.19.